The van der Waals surface area contributed by atoms with Gasteiger partial charge in [-0.15, -0.1) is 0 Å². The van der Waals surface area contributed by atoms with Crippen LogP contribution in [0.25, 0.3) is 0 Å². The fourth-order valence-corrected chi connectivity index (χ4v) is 2.50. The first-order valence-corrected chi connectivity index (χ1v) is 6.03. The third kappa shape index (κ3) is 2.37. The highest BCUT2D eigenvalue weighted by molar-refractivity contribution is 5.95. The van der Waals surface area contributed by atoms with Crippen molar-refractivity contribution in [1.82, 2.24) is 15.1 Å². The number of hydrogen-bond acceptors (Lipinski definition) is 3. The van der Waals surface area contributed by atoms with Crippen LogP contribution >= 0.6 is 0 Å². The number of carbonyl (C=O) groups is 2. The number of nitrogens with one attached hydrogen (secondary N) is 1. The molecule has 0 radical (unpaired) electrons. The van der Waals surface area contributed by atoms with Crippen molar-refractivity contribution in [3.8, 4) is 0 Å². The minimum absolute atomic E-state index is 0.237. The molecule has 6 heteroatoms. The Bertz CT molecular complexity index is 481. The lowest BCUT2D eigenvalue weighted by molar-refractivity contribution is -0.142. The van der Waals surface area contributed by atoms with Crippen LogP contribution in [0.1, 0.15) is 35.3 Å². The van der Waals surface area contributed by atoms with Gasteiger partial charge >= 0.3 is 5.97 Å². The highest BCUT2D eigenvalue weighted by atomic mass is 16.4. The predicted octanol–water partition coefficient (Wildman–Crippen LogP) is 0.712. The van der Waals surface area contributed by atoms with E-state index in [4.69, 9.17) is 5.11 Å². The van der Waals surface area contributed by atoms with Gasteiger partial charge in [0.2, 0.25) is 0 Å². The fraction of sp³-hybridized carbons (Fsp3) is 0.583. The zero-order valence-corrected chi connectivity index (χ0v) is 10.5. The van der Waals surface area contributed by atoms with Crippen LogP contribution in [0.3, 0.4) is 0 Å². The third-order valence-corrected chi connectivity index (χ3v) is 3.41. The van der Waals surface area contributed by atoms with E-state index in [0.29, 0.717) is 17.7 Å². The molecule has 2 rings (SSSR count). The van der Waals surface area contributed by atoms with Crippen molar-refractivity contribution in [1.29, 1.82) is 0 Å². The molecule has 1 aromatic rings. The van der Waals surface area contributed by atoms with Gasteiger partial charge in [0, 0.05) is 19.3 Å². The van der Waals surface area contributed by atoms with Gasteiger partial charge < -0.3 is 10.4 Å². The first kappa shape index (κ1) is 12.6. The maximum atomic E-state index is 12.0. The van der Waals surface area contributed by atoms with E-state index in [1.807, 2.05) is 0 Å². The molecule has 98 valence electrons. The van der Waals surface area contributed by atoms with Gasteiger partial charge in [-0.3, -0.25) is 14.3 Å². The molecule has 18 heavy (non-hydrogen) atoms. The van der Waals surface area contributed by atoms with Crippen LogP contribution in [0, 0.1) is 12.8 Å². The highest BCUT2D eigenvalue weighted by Crippen LogP contribution is 2.26. The van der Waals surface area contributed by atoms with E-state index >= 15 is 0 Å². The van der Waals surface area contributed by atoms with Crippen molar-refractivity contribution >= 4 is 11.9 Å². The molecular formula is C12H17N3O3. The smallest absolute Gasteiger partial charge is 0.308 e. The summed E-state index contributed by atoms with van der Waals surface area (Å²) in [5.41, 5.74) is 1.16. The molecule has 1 amide bonds. The molecule has 2 atom stereocenters. The van der Waals surface area contributed by atoms with Crippen LogP contribution in [0.15, 0.2) is 6.20 Å². The Balaban J connectivity index is 2.07. The van der Waals surface area contributed by atoms with E-state index in [1.165, 1.54) is 0 Å². The average molecular weight is 251 g/mol. The van der Waals surface area contributed by atoms with Gasteiger partial charge in [-0.1, -0.05) is 6.42 Å². The lowest BCUT2D eigenvalue weighted by Crippen LogP contribution is -2.40. The molecule has 0 saturated heterocycles. The number of hydrogen-bond donors (Lipinski definition) is 2. The number of rotatable bonds is 3. The first-order chi connectivity index (χ1) is 8.49. The third-order valence-electron chi connectivity index (χ3n) is 3.41. The monoisotopic (exact) mass is 251 g/mol. The Morgan fingerprint density at radius 2 is 2.22 bits per heavy atom. The number of carboxylic acids is 1. The molecule has 1 aliphatic rings. The lowest BCUT2D eigenvalue weighted by atomic mass is 10.0. The fourth-order valence-electron chi connectivity index (χ4n) is 2.50. The van der Waals surface area contributed by atoms with Gasteiger partial charge in [0.15, 0.2) is 0 Å². The van der Waals surface area contributed by atoms with Crippen LogP contribution < -0.4 is 5.32 Å². The minimum atomic E-state index is -0.833. The molecule has 1 aromatic heterocycles. The van der Waals surface area contributed by atoms with Gasteiger partial charge in [-0.25, -0.2) is 0 Å². The van der Waals surface area contributed by atoms with Gasteiger partial charge in [0.25, 0.3) is 5.91 Å². The lowest BCUT2D eigenvalue weighted by Gasteiger charge is -2.17. The molecule has 0 aliphatic heterocycles. The van der Waals surface area contributed by atoms with Crippen LogP contribution in [0.2, 0.25) is 0 Å². The summed E-state index contributed by atoms with van der Waals surface area (Å²) in [4.78, 5) is 23.1. The van der Waals surface area contributed by atoms with Gasteiger partial charge in [-0.2, -0.15) is 5.10 Å². The second kappa shape index (κ2) is 4.80. The Labute approximate surface area is 105 Å². The minimum Gasteiger partial charge on any atom is -0.481 e. The summed E-state index contributed by atoms with van der Waals surface area (Å²) >= 11 is 0. The summed E-state index contributed by atoms with van der Waals surface area (Å²) in [5.74, 6) is -1.54. The number of carboxylic acid groups (broad SMARTS) is 1. The summed E-state index contributed by atoms with van der Waals surface area (Å²) in [6, 6.07) is -0.269. The van der Waals surface area contributed by atoms with Crippen LogP contribution in [-0.4, -0.2) is 32.8 Å². The molecule has 0 bridgehead atoms. The molecule has 1 saturated carbocycles. The summed E-state index contributed by atoms with van der Waals surface area (Å²) in [7, 11) is 1.75. The van der Waals surface area contributed by atoms with Crippen molar-refractivity contribution in [3.05, 3.63) is 17.5 Å². The Hall–Kier alpha value is -1.85. The average Bonchev–Trinajstić information content (AvgIpc) is 2.85. The van der Waals surface area contributed by atoms with Crippen molar-refractivity contribution in [2.45, 2.75) is 32.2 Å². The molecule has 0 spiro atoms. The summed E-state index contributed by atoms with van der Waals surface area (Å²) < 4.78 is 1.58. The molecule has 2 N–H and O–H groups in total. The zero-order valence-electron chi connectivity index (χ0n) is 10.5. The second-order valence-electron chi connectivity index (χ2n) is 4.76. The maximum absolute atomic E-state index is 12.0. The molecule has 1 aliphatic carbocycles. The topological polar surface area (TPSA) is 84.2 Å². The number of aromatic nitrogens is 2. The van der Waals surface area contributed by atoms with Crippen LogP contribution in [0.4, 0.5) is 0 Å². The summed E-state index contributed by atoms with van der Waals surface area (Å²) in [5, 5.41) is 16.0. The highest BCUT2D eigenvalue weighted by Gasteiger charge is 2.34. The summed E-state index contributed by atoms with van der Waals surface area (Å²) in [6.07, 6.45) is 3.84. The normalized spacial score (nSPS) is 23.0. The van der Waals surface area contributed by atoms with Gasteiger partial charge in [0.05, 0.1) is 17.2 Å². The van der Waals surface area contributed by atoms with Gasteiger partial charge in [0.1, 0.15) is 0 Å². The molecular weight excluding hydrogens is 234 g/mol. The molecule has 1 heterocycles. The Kier molecular flexibility index (Phi) is 3.36. The van der Waals surface area contributed by atoms with E-state index in [9.17, 15) is 9.59 Å². The van der Waals surface area contributed by atoms with Crippen LogP contribution in [0.5, 0.6) is 0 Å². The van der Waals surface area contributed by atoms with Crippen molar-refractivity contribution in [3.63, 3.8) is 0 Å². The van der Waals surface area contributed by atoms with Crippen molar-refractivity contribution < 1.29 is 14.7 Å². The molecule has 0 aromatic carbocycles. The number of carbonyl (C=O) groups excluding carboxylic acids is 1. The van der Waals surface area contributed by atoms with E-state index < -0.39 is 11.9 Å². The number of aliphatic carboxylic acids is 1. The van der Waals surface area contributed by atoms with E-state index in [0.717, 1.165) is 12.8 Å². The number of amides is 1. The maximum Gasteiger partial charge on any atom is 0.308 e. The van der Waals surface area contributed by atoms with Crippen LogP contribution in [-0.2, 0) is 11.8 Å². The van der Waals surface area contributed by atoms with Crippen molar-refractivity contribution in [2.24, 2.45) is 13.0 Å². The van der Waals surface area contributed by atoms with E-state index in [1.54, 1.807) is 24.9 Å². The quantitative estimate of drug-likeness (QED) is 0.828. The number of aryl methyl sites for hydroxylation is 2. The van der Waals surface area contributed by atoms with Crippen molar-refractivity contribution in [2.75, 3.05) is 0 Å². The van der Waals surface area contributed by atoms with E-state index in [-0.39, 0.29) is 11.9 Å². The molecule has 1 fully saturated rings. The first-order valence-electron chi connectivity index (χ1n) is 6.03. The summed E-state index contributed by atoms with van der Waals surface area (Å²) in [6.45, 7) is 1.76. The largest absolute Gasteiger partial charge is 0.481 e. The Morgan fingerprint density at radius 1 is 1.50 bits per heavy atom. The Morgan fingerprint density at radius 3 is 2.78 bits per heavy atom. The van der Waals surface area contributed by atoms with E-state index in [2.05, 4.69) is 10.4 Å². The number of nitrogens with zero attached hydrogens (tertiary/aromatic N) is 2. The standard InChI is InChI=1S/C12H17N3O3/c1-7-9(6-15(2)14-7)11(16)13-10-5-3-4-8(10)12(17)18/h6,8,10H,3-5H2,1-2H3,(H,13,16)(H,17,18). The SMILES string of the molecule is Cc1nn(C)cc1C(=O)NC1CCCC1C(=O)O. The second-order valence-corrected chi connectivity index (χ2v) is 4.76. The predicted molar refractivity (Wildman–Crippen MR) is 64.2 cm³/mol. The molecule has 6 nitrogen and oxygen atoms in total. The molecule has 2 unspecified atom stereocenters. The van der Waals surface area contributed by atoms with Gasteiger partial charge in [-0.05, 0) is 19.8 Å². The zero-order chi connectivity index (χ0) is 13.3.